The van der Waals surface area contributed by atoms with Crippen molar-refractivity contribution in [1.29, 1.82) is 0 Å². The minimum Gasteiger partial charge on any atom is -0.497 e. The van der Waals surface area contributed by atoms with Crippen LogP contribution in [-0.2, 0) is 12.8 Å². The van der Waals surface area contributed by atoms with E-state index in [9.17, 15) is 0 Å². The Morgan fingerprint density at radius 1 is 1.29 bits per heavy atom. The van der Waals surface area contributed by atoms with E-state index in [4.69, 9.17) is 15.2 Å². The summed E-state index contributed by atoms with van der Waals surface area (Å²) in [7, 11) is 1.68. The van der Waals surface area contributed by atoms with Crippen LogP contribution in [0.1, 0.15) is 23.8 Å². The zero-order valence-corrected chi connectivity index (χ0v) is 13.5. The van der Waals surface area contributed by atoms with Gasteiger partial charge in [0.05, 0.1) is 13.7 Å². The van der Waals surface area contributed by atoms with Gasteiger partial charge in [-0.05, 0) is 48.1 Å². The first-order valence-corrected chi connectivity index (χ1v) is 8.18. The molecule has 0 bridgehead atoms. The maximum atomic E-state index is 6.08. The maximum Gasteiger partial charge on any atom is 0.122 e. The summed E-state index contributed by atoms with van der Waals surface area (Å²) in [5.41, 5.74) is 7.20. The molecule has 0 amide bonds. The third-order valence-corrected chi connectivity index (χ3v) is 4.40. The number of benzene rings is 1. The molecule has 0 aliphatic rings. The average molecular weight is 305 g/mol. The minimum atomic E-state index is 0.150. The highest BCUT2D eigenvalue weighted by Crippen LogP contribution is 2.26. The third-order valence-electron chi connectivity index (χ3n) is 3.46. The summed E-state index contributed by atoms with van der Waals surface area (Å²) >= 11 is 1.76. The molecule has 0 saturated heterocycles. The minimum absolute atomic E-state index is 0.150. The van der Waals surface area contributed by atoms with E-state index >= 15 is 0 Å². The number of thiophene rings is 1. The van der Waals surface area contributed by atoms with E-state index < -0.39 is 0 Å². The van der Waals surface area contributed by atoms with Crippen LogP contribution in [-0.4, -0.2) is 19.8 Å². The Balaban J connectivity index is 2.02. The molecule has 1 atom stereocenters. The Morgan fingerprint density at radius 3 is 2.81 bits per heavy atom. The van der Waals surface area contributed by atoms with Crippen molar-refractivity contribution >= 4 is 11.3 Å². The van der Waals surface area contributed by atoms with Crippen molar-refractivity contribution in [2.45, 2.75) is 32.2 Å². The molecule has 1 heterocycles. The van der Waals surface area contributed by atoms with Crippen LogP contribution in [0.25, 0.3) is 0 Å². The van der Waals surface area contributed by atoms with Crippen molar-refractivity contribution in [3.8, 4) is 11.5 Å². The molecule has 1 aromatic heterocycles. The molecule has 0 fully saturated rings. The van der Waals surface area contributed by atoms with E-state index in [-0.39, 0.29) is 6.04 Å². The molecule has 1 aromatic carbocycles. The predicted molar refractivity (Wildman–Crippen MR) is 88.5 cm³/mol. The molecule has 0 radical (unpaired) electrons. The van der Waals surface area contributed by atoms with Gasteiger partial charge in [0.2, 0.25) is 0 Å². The zero-order chi connectivity index (χ0) is 15.1. The van der Waals surface area contributed by atoms with Crippen LogP contribution in [0.3, 0.4) is 0 Å². The van der Waals surface area contributed by atoms with Crippen LogP contribution in [0, 0.1) is 0 Å². The fraction of sp³-hybridized carbons (Fsp3) is 0.412. The van der Waals surface area contributed by atoms with Gasteiger partial charge in [-0.15, -0.1) is 11.3 Å². The summed E-state index contributed by atoms with van der Waals surface area (Å²) in [4.78, 5) is 1.34. The summed E-state index contributed by atoms with van der Waals surface area (Å²) in [6, 6.07) is 10.3. The SMILES string of the molecule is CCC(N)Cc1cc(OC)ccc1OCCc1cccs1. The van der Waals surface area contributed by atoms with Gasteiger partial charge in [0.25, 0.3) is 0 Å². The summed E-state index contributed by atoms with van der Waals surface area (Å²) in [6.07, 6.45) is 2.69. The quantitative estimate of drug-likeness (QED) is 0.809. The van der Waals surface area contributed by atoms with Crippen molar-refractivity contribution in [3.63, 3.8) is 0 Å². The van der Waals surface area contributed by atoms with E-state index in [0.717, 1.165) is 36.3 Å². The van der Waals surface area contributed by atoms with E-state index in [2.05, 4.69) is 24.4 Å². The van der Waals surface area contributed by atoms with E-state index in [1.807, 2.05) is 18.2 Å². The Morgan fingerprint density at radius 2 is 2.14 bits per heavy atom. The van der Waals surface area contributed by atoms with Crippen LogP contribution in [0.5, 0.6) is 11.5 Å². The zero-order valence-electron chi connectivity index (χ0n) is 12.7. The molecular weight excluding hydrogens is 282 g/mol. The van der Waals surface area contributed by atoms with E-state index in [1.54, 1.807) is 18.4 Å². The monoisotopic (exact) mass is 305 g/mol. The van der Waals surface area contributed by atoms with Gasteiger partial charge in [-0.25, -0.2) is 0 Å². The molecule has 1 unspecified atom stereocenters. The smallest absolute Gasteiger partial charge is 0.122 e. The van der Waals surface area contributed by atoms with Crippen LogP contribution in [0.4, 0.5) is 0 Å². The molecule has 2 aromatic rings. The average Bonchev–Trinajstić information content (AvgIpc) is 3.01. The molecular formula is C17H23NO2S. The van der Waals surface area contributed by atoms with Gasteiger partial charge in [0.15, 0.2) is 0 Å². The summed E-state index contributed by atoms with van der Waals surface area (Å²) in [5.74, 6) is 1.76. The van der Waals surface area contributed by atoms with Crippen LogP contribution in [0.2, 0.25) is 0 Å². The Kier molecular flexibility index (Phi) is 6.08. The highest BCUT2D eigenvalue weighted by Gasteiger charge is 2.10. The van der Waals surface area contributed by atoms with Crippen molar-refractivity contribution in [3.05, 3.63) is 46.2 Å². The number of methoxy groups -OCH3 is 1. The van der Waals surface area contributed by atoms with Crippen LogP contribution >= 0.6 is 11.3 Å². The predicted octanol–water partition coefficient (Wildman–Crippen LogP) is 3.66. The van der Waals surface area contributed by atoms with Crippen molar-refractivity contribution in [2.75, 3.05) is 13.7 Å². The lowest BCUT2D eigenvalue weighted by atomic mass is 10.0. The second-order valence-corrected chi connectivity index (χ2v) is 6.06. The van der Waals surface area contributed by atoms with E-state index in [0.29, 0.717) is 6.61 Å². The molecule has 2 rings (SSSR count). The fourth-order valence-corrected chi connectivity index (χ4v) is 2.82. The lowest BCUT2D eigenvalue weighted by Gasteiger charge is -2.15. The standard InChI is InChI=1S/C17H23NO2S/c1-3-14(18)11-13-12-15(19-2)6-7-17(13)20-9-8-16-5-4-10-21-16/h4-7,10,12,14H,3,8-9,11,18H2,1-2H3. The fourth-order valence-electron chi connectivity index (χ4n) is 2.13. The molecule has 0 aliphatic heterocycles. The number of ether oxygens (including phenoxy) is 2. The molecule has 21 heavy (non-hydrogen) atoms. The molecule has 0 spiro atoms. The van der Waals surface area contributed by atoms with Crippen molar-refractivity contribution in [1.82, 2.24) is 0 Å². The van der Waals surface area contributed by atoms with Crippen molar-refractivity contribution in [2.24, 2.45) is 5.73 Å². The van der Waals surface area contributed by atoms with Gasteiger partial charge in [-0.2, -0.15) is 0 Å². The Hall–Kier alpha value is -1.52. The first kappa shape index (κ1) is 15.9. The van der Waals surface area contributed by atoms with Crippen molar-refractivity contribution < 1.29 is 9.47 Å². The van der Waals surface area contributed by atoms with Crippen LogP contribution < -0.4 is 15.2 Å². The highest BCUT2D eigenvalue weighted by atomic mass is 32.1. The lowest BCUT2D eigenvalue weighted by Crippen LogP contribution is -2.21. The summed E-state index contributed by atoms with van der Waals surface area (Å²) in [5, 5.41) is 2.09. The van der Waals surface area contributed by atoms with Crippen LogP contribution in [0.15, 0.2) is 35.7 Å². The second-order valence-electron chi connectivity index (χ2n) is 5.02. The molecule has 0 aliphatic carbocycles. The van der Waals surface area contributed by atoms with Gasteiger partial charge in [0, 0.05) is 17.3 Å². The first-order valence-electron chi connectivity index (χ1n) is 7.30. The molecule has 2 N–H and O–H groups in total. The maximum absolute atomic E-state index is 6.08. The van der Waals surface area contributed by atoms with Gasteiger partial charge in [0.1, 0.15) is 11.5 Å². The van der Waals surface area contributed by atoms with Gasteiger partial charge < -0.3 is 15.2 Å². The number of hydrogen-bond donors (Lipinski definition) is 1. The van der Waals surface area contributed by atoms with Gasteiger partial charge in [-0.1, -0.05) is 13.0 Å². The normalized spacial score (nSPS) is 12.1. The molecule has 3 nitrogen and oxygen atoms in total. The molecule has 114 valence electrons. The van der Waals surface area contributed by atoms with Gasteiger partial charge >= 0.3 is 0 Å². The summed E-state index contributed by atoms with van der Waals surface area (Å²) < 4.78 is 11.2. The Labute approximate surface area is 130 Å². The topological polar surface area (TPSA) is 44.5 Å². The van der Waals surface area contributed by atoms with E-state index in [1.165, 1.54) is 4.88 Å². The second kappa shape index (κ2) is 8.05. The number of rotatable bonds is 8. The first-order chi connectivity index (χ1) is 10.2. The summed E-state index contributed by atoms with van der Waals surface area (Å²) in [6.45, 7) is 2.78. The number of nitrogens with two attached hydrogens (primary N) is 1. The highest BCUT2D eigenvalue weighted by molar-refractivity contribution is 7.09. The third kappa shape index (κ3) is 4.76. The molecule has 4 heteroatoms. The number of hydrogen-bond acceptors (Lipinski definition) is 4. The lowest BCUT2D eigenvalue weighted by molar-refractivity contribution is 0.317. The Bertz CT molecular complexity index is 540. The largest absolute Gasteiger partial charge is 0.497 e. The molecule has 0 saturated carbocycles. The van der Waals surface area contributed by atoms with Gasteiger partial charge in [-0.3, -0.25) is 0 Å².